The minimum absolute atomic E-state index is 0.0361. The maximum Gasteiger partial charge on any atom is 0.132 e. The molecule has 1 N–H and O–H groups in total. The number of nitrogens with one attached hydrogen (secondary N) is 1. The molecule has 0 bridgehead atoms. The third-order valence-electron chi connectivity index (χ3n) is 2.83. The van der Waals surface area contributed by atoms with Crippen LogP contribution in [0.4, 0.5) is 0 Å². The molecule has 0 unspecified atom stereocenters. The number of hydrogen-bond acceptors (Lipinski definition) is 3. The van der Waals surface area contributed by atoms with Crippen LogP contribution in [0, 0.1) is 6.92 Å². The van der Waals surface area contributed by atoms with Crippen LogP contribution in [0.2, 0.25) is 5.15 Å². The fourth-order valence-electron chi connectivity index (χ4n) is 1.66. The predicted molar refractivity (Wildman–Crippen MR) is 59.0 cm³/mol. The lowest BCUT2D eigenvalue weighted by Crippen LogP contribution is -2.58. The fraction of sp³-hybridized carbons (Fsp3) is 0.700. The topological polar surface area (TPSA) is 39.1 Å². The standard InChI is InChI=1S/C10H16ClN3O/c1-7-8(9(11)14(3)13-7)4-15-10(2)5-12-6-10/h12H,4-6H2,1-3H3. The summed E-state index contributed by atoms with van der Waals surface area (Å²) >= 11 is 6.11. The van der Waals surface area contributed by atoms with Crippen molar-refractivity contribution in [2.45, 2.75) is 26.1 Å². The van der Waals surface area contributed by atoms with Crippen LogP contribution < -0.4 is 5.32 Å². The number of aryl methyl sites for hydroxylation is 2. The monoisotopic (exact) mass is 229 g/mol. The molecule has 0 radical (unpaired) electrons. The van der Waals surface area contributed by atoms with Crippen molar-refractivity contribution in [1.82, 2.24) is 15.1 Å². The van der Waals surface area contributed by atoms with Gasteiger partial charge < -0.3 is 10.1 Å². The van der Waals surface area contributed by atoms with Crippen LogP contribution >= 0.6 is 11.6 Å². The summed E-state index contributed by atoms with van der Waals surface area (Å²) in [5, 5.41) is 8.11. The van der Waals surface area contributed by atoms with Gasteiger partial charge in [0.15, 0.2) is 0 Å². The molecular weight excluding hydrogens is 214 g/mol. The first-order valence-electron chi connectivity index (χ1n) is 5.04. The van der Waals surface area contributed by atoms with Gasteiger partial charge in [0.05, 0.1) is 17.9 Å². The molecule has 1 aliphatic rings. The lowest BCUT2D eigenvalue weighted by atomic mass is 10.00. The molecule has 1 saturated heterocycles. The average Bonchev–Trinajstić information content (AvgIpc) is 2.36. The Morgan fingerprint density at radius 3 is 2.67 bits per heavy atom. The Labute approximate surface area is 94.6 Å². The Bertz CT molecular complexity index is 371. The summed E-state index contributed by atoms with van der Waals surface area (Å²) < 4.78 is 7.50. The van der Waals surface area contributed by atoms with Crippen LogP contribution in [-0.2, 0) is 18.4 Å². The van der Waals surface area contributed by atoms with Crippen molar-refractivity contribution in [3.63, 3.8) is 0 Å². The Hall–Kier alpha value is -0.580. The van der Waals surface area contributed by atoms with Crippen LogP contribution in [0.5, 0.6) is 0 Å². The number of ether oxygens (including phenoxy) is 1. The molecule has 5 heteroatoms. The minimum atomic E-state index is -0.0361. The molecule has 2 rings (SSSR count). The second-order valence-electron chi connectivity index (χ2n) is 4.32. The summed E-state index contributed by atoms with van der Waals surface area (Å²) in [7, 11) is 1.84. The molecule has 15 heavy (non-hydrogen) atoms. The molecular formula is C10H16ClN3O. The molecule has 2 heterocycles. The molecule has 0 aromatic carbocycles. The Morgan fingerprint density at radius 2 is 2.27 bits per heavy atom. The number of nitrogens with zero attached hydrogens (tertiary/aromatic N) is 2. The van der Waals surface area contributed by atoms with Gasteiger partial charge in [-0.3, -0.25) is 4.68 Å². The third-order valence-corrected chi connectivity index (χ3v) is 3.31. The van der Waals surface area contributed by atoms with Crippen molar-refractivity contribution in [3.8, 4) is 0 Å². The Kier molecular flexibility index (Phi) is 2.75. The molecule has 1 aromatic rings. The first-order chi connectivity index (χ1) is 7.02. The van der Waals surface area contributed by atoms with E-state index >= 15 is 0 Å². The predicted octanol–water partition coefficient (Wildman–Crippen LogP) is 1.26. The zero-order chi connectivity index (χ0) is 11.1. The average molecular weight is 230 g/mol. The summed E-state index contributed by atoms with van der Waals surface area (Å²) in [4.78, 5) is 0. The van der Waals surface area contributed by atoms with Gasteiger partial charge >= 0.3 is 0 Å². The van der Waals surface area contributed by atoms with E-state index in [4.69, 9.17) is 16.3 Å². The zero-order valence-corrected chi connectivity index (χ0v) is 10.1. The quantitative estimate of drug-likeness (QED) is 0.848. The van der Waals surface area contributed by atoms with E-state index in [0.29, 0.717) is 11.8 Å². The second kappa shape index (κ2) is 3.77. The van der Waals surface area contributed by atoms with Gasteiger partial charge in [0, 0.05) is 25.7 Å². The second-order valence-corrected chi connectivity index (χ2v) is 4.68. The molecule has 1 aliphatic heterocycles. The summed E-state index contributed by atoms with van der Waals surface area (Å²) in [5.41, 5.74) is 1.90. The van der Waals surface area contributed by atoms with E-state index in [2.05, 4.69) is 17.3 Å². The van der Waals surface area contributed by atoms with Crippen LogP contribution in [0.1, 0.15) is 18.2 Å². The van der Waals surface area contributed by atoms with E-state index in [-0.39, 0.29) is 5.60 Å². The van der Waals surface area contributed by atoms with Gasteiger partial charge in [-0.1, -0.05) is 11.6 Å². The van der Waals surface area contributed by atoms with Gasteiger partial charge in [-0.25, -0.2) is 0 Å². The Balaban J connectivity index is 2.04. The zero-order valence-electron chi connectivity index (χ0n) is 9.30. The van der Waals surface area contributed by atoms with Gasteiger partial charge in [-0.05, 0) is 13.8 Å². The molecule has 0 amide bonds. The molecule has 1 fully saturated rings. The number of halogens is 1. The number of rotatable bonds is 3. The van der Waals surface area contributed by atoms with Crippen molar-refractivity contribution in [2.75, 3.05) is 13.1 Å². The van der Waals surface area contributed by atoms with E-state index in [0.717, 1.165) is 24.3 Å². The van der Waals surface area contributed by atoms with Gasteiger partial charge in [0.2, 0.25) is 0 Å². The highest BCUT2D eigenvalue weighted by Crippen LogP contribution is 2.23. The van der Waals surface area contributed by atoms with E-state index in [1.807, 2.05) is 14.0 Å². The highest BCUT2D eigenvalue weighted by molar-refractivity contribution is 6.30. The number of hydrogen-bond donors (Lipinski definition) is 1. The van der Waals surface area contributed by atoms with E-state index in [1.54, 1.807) is 4.68 Å². The molecule has 0 aliphatic carbocycles. The van der Waals surface area contributed by atoms with Gasteiger partial charge in [0.25, 0.3) is 0 Å². The summed E-state index contributed by atoms with van der Waals surface area (Å²) in [6.07, 6.45) is 0. The molecule has 4 nitrogen and oxygen atoms in total. The molecule has 0 spiro atoms. The van der Waals surface area contributed by atoms with E-state index in [9.17, 15) is 0 Å². The SMILES string of the molecule is Cc1nn(C)c(Cl)c1COC1(C)CNC1. The lowest BCUT2D eigenvalue weighted by Gasteiger charge is -2.39. The largest absolute Gasteiger partial charge is 0.368 e. The maximum absolute atomic E-state index is 6.11. The first kappa shape index (κ1) is 10.9. The van der Waals surface area contributed by atoms with Crippen molar-refractivity contribution in [1.29, 1.82) is 0 Å². The van der Waals surface area contributed by atoms with Crippen molar-refractivity contribution >= 4 is 11.6 Å². The first-order valence-corrected chi connectivity index (χ1v) is 5.42. The number of aromatic nitrogens is 2. The van der Waals surface area contributed by atoms with Crippen molar-refractivity contribution in [3.05, 3.63) is 16.4 Å². The smallest absolute Gasteiger partial charge is 0.132 e. The van der Waals surface area contributed by atoms with Crippen molar-refractivity contribution < 1.29 is 4.74 Å². The third kappa shape index (κ3) is 2.02. The van der Waals surface area contributed by atoms with E-state index < -0.39 is 0 Å². The fourth-order valence-corrected chi connectivity index (χ4v) is 1.89. The van der Waals surface area contributed by atoms with Crippen LogP contribution in [-0.4, -0.2) is 28.5 Å². The van der Waals surface area contributed by atoms with E-state index in [1.165, 1.54) is 0 Å². The molecule has 0 atom stereocenters. The van der Waals surface area contributed by atoms with Crippen LogP contribution in [0.25, 0.3) is 0 Å². The summed E-state index contributed by atoms with van der Waals surface area (Å²) in [6, 6.07) is 0. The van der Waals surface area contributed by atoms with Gasteiger partial charge in [-0.2, -0.15) is 5.10 Å². The molecule has 1 aromatic heterocycles. The van der Waals surface area contributed by atoms with Crippen molar-refractivity contribution in [2.24, 2.45) is 7.05 Å². The molecule has 84 valence electrons. The highest BCUT2D eigenvalue weighted by Gasteiger charge is 2.32. The maximum atomic E-state index is 6.11. The summed E-state index contributed by atoms with van der Waals surface area (Å²) in [6.45, 7) is 6.40. The minimum Gasteiger partial charge on any atom is -0.368 e. The lowest BCUT2D eigenvalue weighted by molar-refractivity contribution is -0.0768. The molecule has 0 saturated carbocycles. The van der Waals surface area contributed by atoms with Crippen LogP contribution in [0.3, 0.4) is 0 Å². The Morgan fingerprint density at radius 1 is 1.60 bits per heavy atom. The summed E-state index contributed by atoms with van der Waals surface area (Å²) in [5.74, 6) is 0. The highest BCUT2D eigenvalue weighted by atomic mass is 35.5. The normalized spacial score (nSPS) is 18.9. The van der Waals surface area contributed by atoms with Gasteiger partial charge in [0.1, 0.15) is 5.15 Å². The van der Waals surface area contributed by atoms with Gasteiger partial charge in [-0.15, -0.1) is 0 Å². The van der Waals surface area contributed by atoms with Crippen LogP contribution in [0.15, 0.2) is 0 Å².